The van der Waals surface area contributed by atoms with Gasteiger partial charge in [0.25, 0.3) is 0 Å². The van der Waals surface area contributed by atoms with Crippen molar-refractivity contribution in [1.82, 2.24) is 15.5 Å². The fourth-order valence-corrected chi connectivity index (χ4v) is 3.63. The summed E-state index contributed by atoms with van der Waals surface area (Å²) in [6.45, 7) is 5.56. The van der Waals surface area contributed by atoms with E-state index in [1.165, 1.54) is 38.5 Å². The van der Waals surface area contributed by atoms with Crippen LogP contribution in [-0.2, 0) is 4.79 Å². The SMILES string of the molecule is CC(C)(CNC(=O)NC[C@@H]1CCCN1C1CCCCC1)C(N)=O. The molecule has 1 heterocycles. The third-order valence-corrected chi connectivity index (χ3v) is 5.32. The normalized spacial score (nSPS) is 23.7. The smallest absolute Gasteiger partial charge is 0.314 e. The standard InChI is InChI=1S/C17H32N4O2/c1-17(2,15(18)22)12-20-16(23)19-11-14-9-6-10-21(14)13-7-4-3-5-8-13/h13-14H,3-12H2,1-2H3,(H2,18,22)(H2,19,20,23)/t14-/m0/s1. The number of carbonyl (C=O) groups is 2. The van der Waals surface area contributed by atoms with E-state index >= 15 is 0 Å². The number of hydrogen-bond acceptors (Lipinski definition) is 3. The van der Waals surface area contributed by atoms with E-state index in [0.29, 0.717) is 18.6 Å². The highest BCUT2D eigenvalue weighted by atomic mass is 16.2. The zero-order valence-electron chi connectivity index (χ0n) is 14.6. The summed E-state index contributed by atoms with van der Waals surface area (Å²) in [4.78, 5) is 25.8. The molecule has 0 unspecified atom stereocenters. The first-order chi connectivity index (χ1) is 10.9. The highest BCUT2D eigenvalue weighted by Crippen LogP contribution is 2.28. The summed E-state index contributed by atoms with van der Waals surface area (Å²) >= 11 is 0. The summed E-state index contributed by atoms with van der Waals surface area (Å²) < 4.78 is 0. The monoisotopic (exact) mass is 324 g/mol. The highest BCUT2D eigenvalue weighted by Gasteiger charge is 2.31. The molecule has 3 amide bonds. The first kappa shape index (κ1) is 18.0. The third kappa shape index (κ3) is 5.09. The van der Waals surface area contributed by atoms with Crippen LogP contribution < -0.4 is 16.4 Å². The molecule has 23 heavy (non-hydrogen) atoms. The van der Waals surface area contributed by atoms with Gasteiger partial charge < -0.3 is 16.4 Å². The number of rotatable bonds is 6. The molecule has 1 aliphatic heterocycles. The zero-order valence-corrected chi connectivity index (χ0v) is 14.6. The zero-order chi connectivity index (χ0) is 16.9. The van der Waals surface area contributed by atoms with Crippen molar-refractivity contribution >= 4 is 11.9 Å². The average Bonchev–Trinajstić information content (AvgIpc) is 3.00. The lowest BCUT2D eigenvalue weighted by Gasteiger charge is -2.35. The maximum atomic E-state index is 12.0. The molecule has 0 spiro atoms. The Balaban J connectivity index is 1.73. The van der Waals surface area contributed by atoms with E-state index in [-0.39, 0.29) is 12.6 Å². The third-order valence-electron chi connectivity index (χ3n) is 5.32. The molecule has 2 rings (SSSR count). The van der Waals surface area contributed by atoms with Crippen LogP contribution >= 0.6 is 0 Å². The molecule has 4 N–H and O–H groups in total. The Kier molecular flexibility index (Phi) is 6.27. The number of nitrogens with two attached hydrogens (primary N) is 1. The first-order valence-electron chi connectivity index (χ1n) is 8.97. The number of urea groups is 1. The van der Waals surface area contributed by atoms with Gasteiger partial charge in [0, 0.05) is 25.2 Å². The summed E-state index contributed by atoms with van der Waals surface area (Å²) in [6.07, 6.45) is 9.02. The maximum absolute atomic E-state index is 12.0. The van der Waals surface area contributed by atoms with Gasteiger partial charge in [-0.25, -0.2) is 4.79 Å². The lowest BCUT2D eigenvalue weighted by molar-refractivity contribution is -0.125. The van der Waals surface area contributed by atoms with Crippen LogP contribution in [0.25, 0.3) is 0 Å². The molecule has 132 valence electrons. The Morgan fingerprint density at radius 3 is 2.43 bits per heavy atom. The van der Waals surface area contributed by atoms with Crippen LogP contribution in [0.1, 0.15) is 58.8 Å². The Hall–Kier alpha value is -1.30. The minimum atomic E-state index is -0.723. The average molecular weight is 324 g/mol. The molecule has 1 atom stereocenters. The molecule has 0 bridgehead atoms. The van der Waals surface area contributed by atoms with Gasteiger partial charge >= 0.3 is 6.03 Å². The number of likely N-dealkylation sites (tertiary alicyclic amines) is 1. The molecule has 0 radical (unpaired) electrons. The van der Waals surface area contributed by atoms with Crippen LogP contribution in [0.4, 0.5) is 4.79 Å². The number of nitrogens with one attached hydrogen (secondary N) is 2. The van der Waals surface area contributed by atoms with Gasteiger partial charge in [0.05, 0.1) is 5.41 Å². The van der Waals surface area contributed by atoms with Crippen LogP contribution in [0.2, 0.25) is 0 Å². The van der Waals surface area contributed by atoms with Crippen molar-refractivity contribution in [1.29, 1.82) is 0 Å². The number of primary amides is 1. The van der Waals surface area contributed by atoms with E-state index < -0.39 is 11.3 Å². The van der Waals surface area contributed by atoms with Gasteiger partial charge in [0.2, 0.25) is 5.91 Å². The van der Waals surface area contributed by atoms with E-state index in [4.69, 9.17) is 5.73 Å². The second kappa shape index (κ2) is 7.99. The van der Waals surface area contributed by atoms with Crippen molar-refractivity contribution in [3.63, 3.8) is 0 Å². The van der Waals surface area contributed by atoms with Crippen molar-refractivity contribution in [3.8, 4) is 0 Å². The van der Waals surface area contributed by atoms with Gasteiger partial charge in [0.1, 0.15) is 0 Å². The molecule has 1 aliphatic carbocycles. The Labute approximate surface area is 139 Å². The number of carbonyl (C=O) groups excluding carboxylic acids is 2. The number of nitrogens with zero attached hydrogens (tertiary/aromatic N) is 1. The summed E-state index contributed by atoms with van der Waals surface area (Å²) in [5.41, 5.74) is 4.59. The molecular weight excluding hydrogens is 292 g/mol. The van der Waals surface area contributed by atoms with Crippen LogP contribution in [0.15, 0.2) is 0 Å². The Morgan fingerprint density at radius 2 is 1.78 bits per heavy atom. The van der Waals surface area contributed by atoms with Crippen molar-refractivity contribution in [3.05, 3.63) is 0 Å². The molecule has 0 aromatic rings. The van der Waals surface area contributed by atoms with Gasteiger partial charge in [0.15, 0.2) is 0 Å². The Morgan fingerprint density at radius 1 is 1.09 bits per heavy atom. The van der Waals surface area contributed by atoms with Crippen LogP contribution in [0.5, 0.6) is 0 Å². The van der Waals surface area contributed by atoms with Gasteiger partial charge in [-0.15, -0.1) is 0 Å². The van der Waals surface area contributed by atoms with Crippen molar-refractivity contribution in [2.24, 2.45) is 11.1 Å². The van der Waals surface area contributed by atoms with Gasteiger partial charge in [-0.3, -0.25) is 9.69 Å². The van der Waals surface area contributed by atoms with Crippen LogP contribution in [0.3, 0.4) is 0 Å². The molecule has 0 aromatic heterocycles. The number of amides is 3. The molecule has 2 fully saturated rings. The fourth-order valence-electron chi connectivity index (χ4n) is 3.63. The summed E-state index contributed by atoms with van der Waals surface area (Å²) in [5.74, 6) is -0.405. The molecule has 1 saturated heterocycles. The minimum Gasteiger partial charge on any atom is -0.369 e. The van der Waals surface area contributed by atoms with E-state index in [1.54, 1.807) is 13.8 Å². The van der Waals surface area contributed by atoms with Crippen LogP contribution in [-0.4, -0.2) is 48.6 Å². The minimum absolute atomic E-state index is 0.213. The lowest BCUT2D eigenvalue weighted by Crippen LogP contribution is -2.50. The first-order valence-corrected chi connectivity index (χ1v) is 8.97. The summed E-state index contributed by atoms with van der Waals surface area (Å²) in [6, 6.07) is 0.942. The quantitative estimate of drug-likeness (QED) is 0.693. The second-order valence-corrected chi connectivity index (χ2v) is 7.64. The predicted molar refractivity (Wildman–Crippen MR) is 91.0 cm³/mol. The molecule has 1 saturated carbocycles. The molecule has 6 heteroatoms. The molecule has 0 aromatic carbocycles. The van der Waals surface area contributed by atoms with E-state index in [2.05, 4.69) is 15.5 Å². The van der Waals surface area contributed by atoms with Gasteiger partial charge in [-0.1, -0.05) is 19.3 Å². The fraction of sp³-hybridized carbons (Fsp3) is 0.882. The van der Waals surface area contributed by atoms with E-state index in [9.17, 15) is 9.59 Å². The topological polar surface area (TPSA) is 87.5 Å². The van der Waals surface area contributed by atoms with Crippen molar-refractivity contribution in [2.45, 2.75) is 70.9 Å². The van der Waals surface area contributed by atoms with E-state index in [1.807, 2.05) is 0 Å². The van der Waals surface area contributed by atoms with Crippen molar-refractivity contribution in [2.75, 3.05) is 19.6 Å². The van der Waals surface area contributed by atoms with Gasteiger partial charge in [-0.05, 0) is 46.1 Å². The molecular formula is C17H32N4O2. The van der Waals surface area contributed by atoms with Crippen molar-refractivity contribution < 1.29 is 9.59 Å². The van der Waals surface area contributed by atoms with Crippen LogP contribution in [0, 0.1) is 5.41 Å². The predicted octanol–water partition coefficient (Wildman–Crippen LogP) is 1.59. The Bertz CT molecular complexity index is 419. The molecule has 2 aliphatic rings. The maximum Gasteiger partial charge on any atom is 0.314 e. The summed E-state index contributed by atoms with van der Waals surface area (Å²) in [7, 11) is 0. The summed E-state index contributed by atoms with van der Waals surface area (Å²) in [5, 5.41) is 5.71. The van der Waals surface area contributed by atoms with E-state index in [0.717, 1.165) is 13.0 Å². The second-order valence-electron chi connectivity index (χ2n) is 7.64. The number of hydrogen-bond donors (Lipinski definition) is 3. The largest absolute Gasteiger partial charge is 0.369 e. The highest BCUT2D eigenvalue weighted by molar-refractivity contribution is 5.81. The molecule has 6 nitrogen and oxygen atoms in total. The lowest BCUT2D eigenvalue weighted by atomic mass is 9.93. The van der Waals surface area contributed by atoms with Gasteiger partial charge in [-0.2, -0.15) is 0 Å².